The summed E-state index contributed by atoms with van der Waals surface area (Å²) < 4.78 is 31.4. The SMILES string of the molecule is O=C(NCc1ccc(S(=O)(=O)c2ccccc2)cc1)c1cc2cc(N=C(c3ccccc3)c3ccccc3)ncc2o1. The Morgan fingerprint density at radius 1 is 0.738 bits per heavy atom. The van der Waals surface area contributed by atoms with Gasteiger partial charge in [0.2, 0.25) is 9.84 Å². The molecule has 0 spiro atoms. The van der Waals surface area contributed by atoms with Gasteiger partial charge in [-0.1, -0.05) is 91.0 Å². The number of furan rings is 1. The highest BCUT2D eigenvalue weighted by molar-refractivity contribution is 7.91. The van der Waals surface area contributed by atoms with E-state index < -0.39 is 15.7 Å². The monoisotopic (exact) mass is 571 g/mol. The highest BCUT2D eigenvalue weighted by Crippen LogP contribution is 2.25. The molecule has 1 N–H and O–H groups in total. The molecule has 0 saturated heterocycles. The van der Waals surface area contributed by atoms with Gasteiger partial charge in [-0.3, -0.25) is 4.79 Å². The van der Waals surface area contributed by atoms with Crippen LogP contribution in [0.2, 0.25) is 0 Å². The molecule has 0 saturated carbocycles. The van der Waals surface area contributed by atoms with Gasteiger partial charge < -0.3 is 9.73 Å². The summed E-state index contributed by atoms with van der Waals surface area (Å²) in [5, 5.41) is 3.52. The van der Waals surface area contributed by atoms with Crippen molar-refractivity contribution in [2.75, 3.05) is 0 Å². The van der Waals surface area contributed by atoms with Crippen molar-refractivity contribution < 1.29 is 17.6 Å². The summed E-state index contributed by atoms with van der Waals surface area (Å²) >= 11 is 0. The van der Waals surface area contributed by atoms with Crippen LogP contribution >= 0.6 is 0 Å². The number of aliphatic imine (C=N–C) groups is 1. The Balaban J connectivity index is 1.18. The van der Waals surface area contributed by atoms with Crippen LogP contribution in [0.4, 0.5) is 5.82 Å². The van der Waals surface area contributed by atoms with Crippen molar-refractivity contribution in [2.24, 2.45) is 4.99 Å². The number of aromatic nitrogens is 1. The molecule has 2 aromatic heterocycles. The van der Waals surface area contributed by atoms with Crippen molar-refractivity contribution in [3.63, 3.8) is 0 Å². The first-order valence-corrected chi connectivity index (χ1v) is 14.7. The number of amides is 1. The van der Waals surface area contributed by atoms with Gasteiger partial charge in [-0.05, 0) is 42.0 Å². The van der Waals surface area contributed by atoms with Crippen LogP contribution in [-0.4, -0.2) is 25.0 Å². The number of hydrogen-bond acceptors (Lipinski definition) is 6. The summed E-state index contributed by atoms with van der Waals surface area (Å²) in [6.07, 6.45) is 1.56. The number of hydrogen-bond donors (Lipinski definition) is 1. The smallest absolute Gasteiger partial charge is 0.287 e. The lowest BCUT2D eigenvalue weighted by Crippen LogP contribution is -2.22. The first-order chi connectivity index (χ1) is 20.5. The highest BCUT2D eigenvalue weighted by atomic mass is 32.2. The molecule has 2 heterocycles. The third kappa shape index (κ3) is 5.75. The second kappa shape index (κ2) is 11.6. The van der Waals surface area contributed by atoms with E-state index in [1.54, 1.807) is 60.8 Å². The largest absolute Gasteiger partial charge is 0.449 e. The van der Waals surface area contributed by atoms with Crippen LogP contribution in [0.15, 0.2) is 153 Å². The second-order valence-electron chi connectivity index (χ2n) is 9.53. The molecule has 0 aliphatic carbocycles. The van der Waals surface area contributed by atoms with Crippen LogP contribution in [-0.2, 0) is 16.4 Å². The average molecular weight is 572 g/mol. The minimum Gasteiger partial charge on any atom is -0.449 e. The van der Waals surface area contributed by atoms with Crippen molar-refractivity contribution in [1.82, 2.24) is 10.3 Å². The molecule has 1 amide bonds. The van der Waals surface area contributed by atoms with Crippen molar-refractivity contribution >= 4 is 38.2 Å². The van der Waals surface area contributed by atoms with Crippen LogP contribution in [0.25, 0.3) is 11.0 Å². The Morgan fingerprint density at radius 2 is 1.31 bits per heavy atom. The van der Waals surface area contributed by atoms with Gasteiger partial charge in [0.25, 0.3) is 5.91 Å². The molecule has 0 radical (unpaired) electrons. The lowest BCUT2D eigenvalue weighted by atomic mass is 10.0. The Bertz CT molecular complexity index is 1950. The van der Waals surface area contributed by atoms with Gasteiger partial charge in [0.05, 0.1) is 21.7 Å². The molecule has 7 nitrogen and oxygen atoms in total. The topological polar surface area (TPSA) is 102 Å². The Kier molecular flexibility index (Phi) is 7.45. The van der Waals surface area contributed by atoms with E-state index in [-0.39, 0.29) is 22.1 Å². The normalized spacial score (nSPS) is 11.2. The zero-order chi connectivity index (χ0) is 28.9. The Morgan fingerprint density at radius 3 is 1.93 bits per heavy atom. The zero-order valence-corrected chi connectivity index (χ0v) is 23.2. The minimum atomic E-state index is -3.61. The van der Waals surface area contributed by atoms with Crippen LogP contribution < -0.4 is 5.32 Å². The Hall–Kier alpha value is -5.34. The number of rotatable bonds is 8. The number of fused-ring (bicyclic) bond motifs is 1. The van der Waals surface area contributed by atoms with E-state index in [2.05, 4.69) is 10.3 Å². The quantitative estimate of drug-likeness (QED) is 0.203. The molecule has 0 aliphatic rings. The lowest BCUT2D eigenvalue weighted by Gasteiger charge is -2.07. The third-order valence-corrected chi connectivity index (χ3v) is 8.46. The molecule has 0 atom stereocenters. The van der Waals surface area contributed by atoms with Crippen molar-refractivity contribution in [3.05, 3.63) is 156 Å². The molecule has 42 heavy (non-hydrogen) atoms. The zero-order valence-electron chi connectivity index (χ0n) is 22.3. The molecule has 0 aliphatic heterocycles. The first-order valence-electron chi connectivity index (χ1n) is 13.2. The maximum Gasteiger partial charge on any atom is 0.287 e. The predicted octanol–water partition coefficient (Wildman–Crippen LogP) is 6.76. The van der Waals surface area contributed by atoms with Gasteiger partial charge in [-0.25, -0.2) is 18.4 Å². The van der Waals surface area contributed by atoms with Crippen molar-refractivity contribution in [3.8, 4) is 0 Å². The minimum absolute atomic E-state index is 0.141. The molecule has 0 bridgehead atoms. The number of carbonyl (C=O) groups is 1. The molecule has 6 rings (SSSR count). The van der Waals surface area contributed by atoms with Gasteiger partial charge in [0.15, 0.2) is 17.2 Å². The van der Waals surface area contributed by atoms with Crippen molar-refractivity contribution in [1.29, 1.82) is 0 Å². The van der Waals surface area contributed by atoms with Gasteiger partial charge in [-0.2, -0.15) is 0 Å². The molecule has 8 heteroatoms. The number of benzene rings is 4. The van der Waals surface area contributed by atoms with E-state index in [9.17, 15) is 13.2 Å². The number of pyridine rings is 1. The fourth-order valence-corrected chi connectivity index (χ4v) is 5.78. The molecular weight excluding hydrogens is 546 g/mol. The maximum atomic E-state index is 12.9. The van der Waals surface area contributed by atoms with E-state index in [0.29, 0.717) is 16.8 Å². The fraction of sp³-hybridized carbons (Fsp3) is 0.0294. The fourth-order valence-electron chi connectivity index (χ4n) is 4.50. The number of nitrogens with zero attached hydrogens (tertiary/aromatic N) is 2. The van der Waals surface area contributed by atoms with E-state index in [0.717, 1.165) is 22.4 Å². The molecule has 206 valence electrons. The molecule has 6 aromatic rings. The van der Waals surface area contributed by atoms with Crippen LogP contribution in [0.1, 0.15) is 27.2 Å². The highest BCUT2D eigenvalue weighted by Gasteiger charge is 2.18. The summed E-state index contributed by atoms with van der Waals surface area (Å²) in [7, 11) is -3.61. The molecule has 0 fully saturated rings. The van der Waals surface area contributed by atoms with Crippen LogP contribution in [0, 0.1) is 0 Å². The van der Waals surface area contributed by atoms with Crippen molar-refractivity contribution in [2.45, 2.75) is 16.3 Å². The van der Waals surface area contributed by atoms with E-state index in [4.69, 9.17) is 9.41 Å². The average Bonchev–Trinajstić information content (AvgIpc) is 3.48. The van der Waals surface area contributed by atoms with Gasteiger partial charge in [0, 0.05) is 23.1 Å². The molecular formula is C34H25N3O4S. The van der Waals surface area contributed by atoms with E-state index in [1.807, 2.05) is 60.7 Å². The summed E-state index contributed by atoms with van der Waals surface area (Å²) in [5.74, 6) is 0.234. The van der Waals surface area contributed by atoms with Gasteiger partial charge in [0.1, 0.15) is 0 Å². The molecule has 0 unspecified atom stereocenters. The molecule has 4 aromatic carbocycles. The van der Waals surface area contributed by atoms with E-state index >= 15 is 0 Å². The summed E-state index contributed by atoms with van der Waals surface area (Å²) in [5.41, 5.74) is 3.92. The first kappa shape index (κ1) is 26.9. The third-order valence-electron chi connectivity index (χ3n) is 6.67. The van der Waals surface area contributed by atoms with Crippen LogP contribution in [0.5, 0.6) is 0 Å². The summed E-state index contributed by atoms with van der Waals surface area (Å²) in [6, 6.07) is 37.9. The summed E-state index contributed by atoms with van der Waals surface area (Å²) in [6.45, 7) is 0.201. The van der Waals surface area contributed by atoms with Crippen LogP contribution in [0.3, 0.4) is 0 Å². The lowest BCUT2D eigenvalue weighted by molar-refractivity contribution is 0.0925. The van der Waals surface area contributed by atoms with E-state index in [1.165, 1.54) is 12.1 Å². The Labute approximate surface area is 243 Å². The van der Waals surface area contributed by atoms with Gasteiger partial charge in [-0.15, -0.1) is 0 Å². The number of sulfone groups is 1. The maximum absolute atomic E-state index is 12.9. The summed E-state index contributed by atoms with van der Waals surface area (Å²) in [4.78, 5) is 22.6. The number of carbonyl (C=O) groups excluding carboxylic acids is 1. The predicted molar refractivity (Wildman–Crippen MR) is 162 cm³/mol. The standard InChI is InChI=1S/C34H25N3O4S/c38-34(36-22-24-16-18-29(19-17-24)42(39,40)28-14-8-3-9-15-28)30-20-27-21-32(35-23-31(27)41-30)37-33(25-10-4-1-5-11-25)26-12-6-2-7-13-26/h1-21,23H,22H2,(H,36,38). The van der Waals surface area contributed by atoms with Gasteiger partial charge >= 0.3 is 0 Å². The number of nitrogens with one attached hydrogen (secondary N) is 1. The second-order valence-corrected chi connectivity index (χ2v) is 11.5.